The SMILES string of the molecule is [I-].[NH3+]C1=[N+]C2=C(S1)c1ccccc1C2. The van der Waals surface area contributed by atoms with E-state index in [-0.39, 0.29) is 24.0 Å². The van der Waals surface area contributed by atoms with Crippen molar-refractivity contribution in [3.8, 4) is 0 Å². The minimum Gasteiger partial charge on any atom is -1.00 e. The lowest BCUT2D eigenvalue weighted by Crippen LogP contribution is -3.00. The second kappa shape index (κ2) is 3.67. The maximum Gasteiger partial charge on any atom is 0.471 e. The Labute approximate surface area is 104 Å². The molecule has 1 radical (unpaired) electrons. The molecule has 2 aliphatic rings. The van der Waals surface area contributed by atoms with Crippen LogP contribution in [0.25, 0.3) is 4.91 Å². The molecular formula is C10H9IN2S+. The first-order chi connectivity index (χ1) is 6.34. The summed E-state index contributed by atoms with van der Waals surface area (Å²) in [6, 6.07) is 8.50. The van der Waals surface area contributed by atoms with Crippen LogP contribution in [-0.2, 0) is 6.42 Å². The Morgan fingerprint density at radius 3 is 2.93 bits per heavy atom. The Balaban J connectivity index is 0.000000750. The second-order valence-corrected chi connectivity index (χ2v) is 4.30. The minimum atomic E-state index is 0. The van der Waals surface area contributed by atoms with Crippen molar-refractivity contribution in [2.24, 2.45) is 0 Å². The highest BCUT2D eigenvalue weighted by Gasteiger charge is 2.39. The first kappa shape index (κ1) is 10.2. The predicted octanol–water partition coefficient (Wildman–Crippen LogP) is -2.40. The van der Waals surface area contributed by atoms with Gasteiger partial charge in [0.15, 0.2) is 0 Å². The van der Waals surface area contributed by atoms with Crippen molar-refractivity contribution in [1.82, 2.24) is 4.99 Å². The number of fused-ring (bicyclic) bond motifs is 2. The average Bonchev–Trinajstić information content (AvgIpc) is 2.60. The molecule has 4 heteroatoms. The van der Waals surface area contributed by atoms with Crippen LogP contribution in [0.4, 0.5) is 0 Å². The Kier molecular flexibility index (Phi) is 2.68. The molecule has 0 amide bonds. The number of thioether (sulfide) groups is 1. The maximum atomic E-state index is 4.41. The van der Waals surface area contributed by atoms with Crippen molar-refractivity contribution in [2.75, 3.05) is 0 Å². The lowest BCUT2D eigenvalue weighted by Gasteiger charge is -1.96. The van der Waals surface area contributed by atoms with E-state index in [0.717, 1.165) is 11.6 Å². The molecule has 0 fully saturated rings. The molecule has 1 aliphatic carbocycles. The summed E-state index contributed by atoms with van der Waals surface area (Å²) in [4.78, 5) is 5.73. The summed E-state index contributed by atoms with van der Waals surface area (Å²) < 4.78 is 0. The maximum absolute atomic E-state index is 4.41. The van der Waals surface area contributed by atoms with E-state index in [1.807, 2.05) is 0 Å². The van der Waals surface area contributed by atoms with Crippen LogP contribution < -0.4 is 34.7 Å². The van der Waals surface area contributed by atoms with Gasteiger partial charge in [-0.2, -0.15) is 0 Å². The third-order valence-corrected chi connectivity index (χ3v) is 3.35. The van der Waals surface area contributed by atoms with Crippen molar-refractivity contribution in [1.29, 1.82) is 0 Å². The van der Waals surface area contributed by atoms with Crippen LogP contribution in [0.1, 0.15) is 11.1 Å². The molecule has 0 aromatic heterocycles. The van der Waals surface area contributed by atoms with Crippen LogP contribution >= 0.6 is 11.8 Å². The summed E-state index contributed by atoms with van der Waals surface area (Å²) in [5, 5.41) is 0.930. The highest BCUT2D eigenvalue weighted by molar-refractivity contribution is 8.21. The van der Waals surface area contributed by atoms with Gasteiger partial charge in [-0.3, -0.25) is 5.73 Å². The normalized spacial score (nSPS) is 17.4. The molecule has 0 atom stereocenters. The molecule has 1 aromatic rings. The topological polar surface area (TPSA) is 41.7 Å². The first-order valence-corrected chi connectivity index (χ1v) is 5.06. The number of hydrogen-bond donors (Lipinski definition) is 1. The summed E-state index contributed by atoms with van der Waals surface area (Å²) in [5.74, 6) is 0. The van der Waals surface area contributed by atoms with Crippen LogP contribution in [0.15, 0.2) is 30.0 Å². The summed E-state index contributed by atoms with van der Waals surface area (Å²) >= 11 is 1.70. The van der Waals surface area contributed by atoms with Crippen molar-refractivity contribution >= 4 is 21.8 Å². The van der Waals surface area contributed by atoms with Gasteiger partial charge in [-0.05, 0) is 11.1 Å². The number of rotatable bonds is 0. The quantitative estimate of drug-likeness (QED) is 0.533. The highest BCUT2D eigenvalue weighted by Crippen LogP contribution is 2.41. The van der Waals surface area contributed by atoms with Gasteiger partial charge in [-0.25, -0.2) is 0 Å². The van der Waals surface area contributed by atoms with Gasteiger partial charge in [0.1, 0.15) is 9.90 Å². The molecule has 1 heterocycles. The number of benzene rings is 1. The third kappa shape index (κ3) is 1.41. The molecule has 0 unspecified atom stereocenters. The number of aliphatic imine (C=N–C) groups is 1. The number of allylic oxidation sites excluding steroid dienone is 1. The number of nitrogens with zero attached hydrogens (tertiary/aromatic N) is 1. The molecule has 2 nitrogen and oxygen atoms in total. The monoisotopic (exact) mass is 316 g/mol. The summed E-state index contributed by atoms with van der Waals surface area (Å²) in [5.41, 5.74) is 7.82. The van der Waals surface area contributed by atoms with Gasteiger partial charge in [0.05, 0.1) is 18.2 Å². The van der Waals surface area contributed by atoms with Gasteiger partial charge in [0, 0.05) is 0 Å². The zero-order valence-electron chi connectivity index (χ0n) is 7.46. The fraction of sp³-hybridized carbons (Fsp3) is 0.100. The van der Waals surface area contributed by atoms with E-state index in [9.17, 15) is 0 Å². The smallest absolute Gasteiger partial charge is 0.471 e. The Hall–Kier alpha value is -0.330. The molecule has 1 aliphatic heterocycles. The first-order valence-electron chi connectivity index (χ1n) is 4.24. The van der Waals surface area contributed by atoms with E-state index < -0.39 is 0 Å². The molecule has 0 saturated heterocycles. The Morgan fingerprint density at radius 1 is 1.29 bits per heavy atom. The average molecular weight is 316 g/mol. The number of quaternary nitrogens is 1. The zero-order valence-corrected chi connectivity index (χ0v) is 10.4. The standard InChI is InChI=1S/C10H8N2S.HI/c11-10-12-8-5-6-3-1-2-4-7(6)9(8)13-10;/h1-4H,5,11H2;1H/q+1;. The predicted molar refractivity (Wildman–Crippen MR) is 54.7 cm³/mol. The van der Waals surface area contributed by atoms with E-state index in [2.05, 4.69) is 35.0 Å². The second-order valence-electron chi connectivity index (χ2n) is 3.22. The molecule has 0 saturated carbocycles. The molecule has 3 N–H and O–H groups in total. The molecule has 14 heavy (non-hydrogen) atoms. The molecule has 0 bridgehead atoms. The molecular weight excluding hydrogens is 307 g/mol. The largest absolute Gasteiger partial charge is 1.00 e. The van der Waals surface area contributed by atoms with Gasteiger partial charge < -0.3 is 24.0 Å². The van der Waals surface area contributed by atoms with Crippen LogP contribution in [0, 0.1) is 0 Å². The summed E-state index contributed by atoms with van der Waals surface area (Å²) in [6.07, 6.45) is 0.984. The highest BCUT2D eigenvalue weighted by atomic mass is 127. The third-order valence-electron chi connectivity index (χ3n) is 2.36. The number of halogens is 1. The molecule has 3 rings (SSSR count). The number of hydrogen-bond acceptors (Lipinski definition) is 2. The van der Waals surface area contributed by atoms with Crippen LogP contribution in [0.3, 0.4) is 0 Å². The van der Waals surface area contributed by atoms with Gasteiger partial charge in [-0.15, -0.1) is 0 Å². The van der Waals surface area contributed by atoms with Crippen molar-refractivity contribution in [3.05, 3.63) is 41.1 Å². The molecule has 1 aromatic carbocycles. The summed E-state index contributed by atoms with van der Waals surface area (Å²) in [6.45, 7) is 0. The van der Waals surface area contributed by atoms with Crippen LogP contribution in [0.2, 0.25) is 0 Å². The van der Waals surface area contributed by atoms with E-state index in [1.165, 1.54) is 21.7 Å². The van der Waals surface area contributed by atoms with Gasteiger partial charge in [0.2, 0.25) is 0 Å². The van der Waals surface area contributed by atoms with Crippen molar-refractivity contribution < 1.29 is 29.7 Å². The number of amidine groups is 1. The Bertz CT molecular complexity index is 451. The van der Waals surface area contributed by atoms with Crippen molar-refractivity contribution in [2.45, 2.75) is 6.42 Å². The summed E-state index contributed by atoms with van der Waals surface area (Å²) in [7, 11) is 0. The molecule has 0 spiro atoms. The fourth-order valence-corrected chi connectivity index (χ4v) is 2.74. The van der Waals surface area contributed by atoms with Crippen LogP contribution in [0.5, 0.6) is 0 Å². The Morgan fingerprint density at radius 2 is 2.07 bits per heavy atom. The van der Waals surface area contributed by atoms with E-state index in [1.54, 1.807) is 11.8 Å². The van der Waals surface area contributed by atoms with Gasteiger partial charge in [0.25, 0.3) is 5.70 Å². The van der Waals surface area contributed by atoms with Crippen molar-refractivity contribution in [3.63, 3.8) is 0 Å². The zero-order chi connectivity index (χ0) is 8.84. The van der Waals surface area contributed by atoms with E-state index in [4.69, 9.17) is 0 Å². The van der Waals surface area contributed by atoms with Gasteiger partial charge in [-0.1, -0.05) is 24.3 Å². The molecule has 71 valence electrons. The minimum absolute atomic E-state index is 0. The van der Waals surface area contributed by atoms with Crippen LogP contribution in [-0.4, -0.2) is 5.17 Å². The fourth-order valence-electron chi connectivity index (χ4n) is 1.81. The lowest BCUT2D eigenvalue weighted by atomic mass is 10.1. The lowest BCUT2D eigenvalue weighted by molar-refractivity contribution is -0.206. The van der Waals surface area contributed by atoms with E-state index in [0.29, 0.717) is 0 Å². The van der Waals surface area contributed by atoms with Gasteiger partial charge >= 0.3 is 5.17 Å². The van der Waals surface area contributed by atoms with E-state index >= 15 is 0 Å².